The zero-order valence-corrected chi connectivity index (χ0v) is 15.4. The molecule has 0 fully saturated rings. The lowest BCUT2D eigenvalue weighted by Gasteiger charge is -2.36. The van der Waals surface area contributed by atoms with Gasteiger partial charge < -0.3 is 10.2 Å². The van der Waals surface area contributed by atoms with Crippen molar-refractivity contribution in [2.45, 2.75) is 33.2 Å². The number of rotatable bonds is 5. The number of nitrogens with zero attached hydrogens (tertiary/aromatic N) is 2. The predicted molar refractivity (Wildman–Crippen MR) is 98.3 cm³/mol. The molecule has 0 aliphatic carbocycles. The Morgan fingerprint density at radius 2 is 2.25 bits per heavy atom. The first-order chi connectivity index (χ1) is 11.6. The van der Waals surface area contributed by atoms with Crippen molar-refractivity contribution in [1.29, 1.82) is 0 Å². The second-order valence-electron chi connectivity index (χ2n) is 6.77. The fraction of sp³-hybridized carbons (Fsp3) is 0.474. The molecule has 1 amide bonds. The van der Waals surface area contributed by atoms with Crippen LogP contribution in [0.4, 0.5) is 0 Å². The van der Waals surface area contributed by atoms with E-state index in [0.29, 0.717) is 12.5 Å². The number of pyridine rings is 1. The van der Waals surface area contributed by atoms with Gasteiger partial charge in [-0.2, -0.15) is 0 Å². The van der Waals surface area contributed by atoms with Gasteiger partial charge in [0.25, 0.3) is 0 Å². The van der Waals surface area contributed by atoms with Crippen LogP contribution in [0.3, 0.4) is 0 Å². The van der Waals surface area contributed by atoms with E-state index in [1.807, 2.05) is 30.0 Å². The SMILES string of the molecule is Cc1cccc([C@H]2c3ccsc3CCN2C(=O)CNCC(C)C)n1. The summed E-state index contributed by atoms with van der Waals surface area (Å²) in [4.78, 5) is 20.9. The number of carbonyl (C=O) groups is 1. The Hall–Kier alpha value is -1.72. The molecule has 3 heterocycles. The van der Waals surface area contributed by atoms with E-state index in [4.69, 9.17) is 4.98 Å². The van der Waals surface area contributed by atoms with Gasteiger partial charge in [-0.15, -0.1) is 11.3 Å². The van der Waals surface area contributed by atoms with E-state index < -0.39 is 0 Å². The fourth-order valence-corrected chi connectivity index (χ4v) is 4.09. The van der Waals surface area contributed by atoms with Gasteiger partial charge in [0.2, 0.25) is 5.91 Å². The monoisotopic (exact) mass is 343 g/mol. The van der Waals surface area contributed by atoms with Crippen LogP contribution in [-0.4, -0.2) is 35.4 Å². The molecule has 5 heteroatoms. The minimum absolute atomic E-state index is 0.0618. The molecular formula is C19H25N3OS. The third-order valence-corrected chi connectivity index (χ3v) is 5.30. The van der Waals surface area contributed by atoms with Crippen molar-refractivity contribution in [2.24, 2.45) is 5.92 Å². The van der Waals surface area contributed by atoms with Crippen LogP contribution in [0.25, 0.3) is 0 Å². The number of thiophene rings is 1. The Labute approximate surface area is 147 Å². The molecule has 2 aromatic rings. The maximum Gasteiger partial charge on any atom is 0.237 e. The number of fused-ring (bicyclic) bond motifs is 1. The average Bonchev–Trinajstić information content (AvgIpc) is 3.01. The number of aryl methyl sites for hydroxylation is 1. The molecule has 0 radical (unpaired) electrons. The smallest absolute Gasteiger partial charge is 0.237 e. The Morgan fingerprint density at radius 1 is 1.42 bits per heavy atom. The van der Waals surface area contributed by atoms with Gasteiger partial charge in [-0.25, -0.2) is 0 Å². The number of hydrogen-bond acceptors (Lipinski definition) is 4. The summed E-state index contributed by atoms with van der Waals surface area (Å²) in [5.74, 6) is 0.692. The van der Waals surface area contributed by atoms with E-state index >= 15 is 0 Å². The van der Waals surface area contributed by atoms with Crippen molar-refractivity contribution >= 4 is 17.2 Å². The minimum Gasteiger partial charge on any atom is -0.328 e. The zero-order chi connectivity index (χ0) is 17.1. The molecular weight excluding hydrogens is 318 g/mol. The minimum atomic E-state index is -0.0618. The molecule has 1 atom stereocenters. The standard InChI is InChI=1S/C19H25N3OS/c1-13(2)11-20-12-18(23)22-9-7-17-15(8-10-24-17)19(22)16-6-4-5-14(3)21-16/h4-6,8,10,13,19-20H,7,9,11-12H2,1-3H3/t19-/m1/s1. The molecule has 1 N–H and O–H groups in total. The molecule has 3 rings (SSSR count). The fourth-order valence-electron chi connectivity index (χ4n) is 3.19. The van der Waals surface area contributed by atoms with Crippen LogP contribution < -0.4 is 5.32 Å². The summed E-state index contributed by atoms with van der Waals surface area (Å²) >= 11 is 1.78. The van der Waals surface area contributed by atoms with Gasteiger partial charge >= 0.3 is 0 Å². The van der Waals surface area contributed by atoms with Gasteiger partial charge in [-0.1, -0.05) is 19.9 Å². The maximum absolute atomic E-state index is 12.8. The Balaban J connectivity index is 1.86. The highest BCUT2D eigenvalue weighted by Gasteiger charge is 2.33. The molecule has 0 unspecified atom stereocenters. The molecule has 0 saturated heterocycles. The summed E-state index contributed by atoms with van der Waals surface area (Å²) in [6, 6.07) is 8.14. The molecule has 4 nitrogen and oxygen atoms in total. The van der Waals surface area contributed by atoms with Gasteiger partial charge in [0.1, 0.15) is 6.04 Å². The van der Waals surface area contributed by atoms with E-state index in [1.165, 1.54) is 10.4 Å². The number of hydrogen-bond donors (Lipinski definition) is 1. The van der Waals surface area contributed by atoms with E-state index in [-0.39, 0.29) is 11.9 Å². The highest BCUT2D eigenvalue weighted by molar-refractivity contribution is 7.10. The van der Waals surface area contributed by atoms with Gasteiger partial charge in [0.05, 0.1) is 12.2 Å². The van der Waals surface area contributed by atoms with Crippen LogP contribution in [0.2, 0.25) is 0 Å². The first kappa shape index (κ1) is 17.1. The van der Waals surface area contributed by atoms with Crippen molar-refractivity contribution in [1.82, 2.24) is 15.2 Å². The Morgan fingerprint density at radius 3 is 3.00 bits per heavy atom. The van der Waals surface area contributed by atoms with E-state index in [1.54, 1.807) is 11.3 Å². The lowest BCUT2D eigenvalue weighted by atomic mass is 9.96. The van der Waals surface area contributed by atoms with Crippen molar-refractivity contribution in [3.05, 3.63) is 51.5 Å². The first-order valence-electron chi connectivity index (χ1n) is 8.56. The Bertz CT molecular complexity index is 710. The molecule has 128 valence electrons. The third kappa shape index (κ3) is 3.68. The van der Waals surface area contributed by atoms with Crippen molar-refractivity contribution in [3.8, 4) is 0 Å². The maximum atomic E-state index is 12.8. The van der Waals surface area contributed by atoms with Crippen LogP contribution in [0.15, 0.2) is 29.6 Å². The van der Waals surface area contributed by atoms with Crippen LogP contribution in [-0.2, 0) is 11.2 Å². The van der Waals surface area contributed by atoms with Crippen molar-refractivity contribution < 1.29 is 4.79 Å². The molecule has 2 aromatic heterocycles. The molecule has 1 aliphatic heterocycles. The average molecular weight is 343 g/mol. The van der Waals surface area contributed by atoms with E-state index in [0.717, 1.165) is 30.9 Å². The normalized spacial score (nSPS) is 17.2. The summed E-state index contributed by atoms with van der Waals surface area (Å²) < 4.78 is 0. The molecule has 0 bridgehead atoms. The quantitative estimate of drug-likeness (QED) is 0.907. The second-order valence-corrected chi connectivity index (χ2v) is 7.77. The molecule has 0 saturated carbocycles. The van der Waals surface area contributed by atoms with Crippen LogP contribution >= 0.6 is 11.3 Å². The highest BCUT2D eigenvalue weighted by Crippen LogP contribution is 2.37. The van der Waals surface area contributed by atoms with Crippen LogP contribution in [0.1, 0.15) is 41.7 Å². The lowest BCUT2D eigenvalue weighted by Crippen LogP contribution is -2.44. The molecule has 24 heavy (non-hydrogen) atoms. The molecule has 0 aromatic carbocycles. The van der Waals surface area contributed by atoms with Crippen molar-refractivity contribution in [3.63, 3.8) is 0 Å². The number of carbonyl (C=O) groups excluding carboxylic acids is 1. The predicted octanol–water partition coefficient (Wildman–Crippen LogP) is 3.17. The zero-order valence-electron chi connectivity index (χ0n) is 14.6. The second kappa shape index (κ2) is 7.45. The molecule has 0 spiro atoms. The number of nitrogens with one attached hydrogen (secondary N) is 1. The number of aromatic nitrogens is 1. The Kier molecular flexibility index (Phi) is 5.31. The highest BCUT2D eigenvalue weighted by atomic mass is 32.1. The van der Waals surface area contributed by atoms with E-state index in [9.17, 15) is 4.79 Å². The van der Waals surface area contributed by atoms with Gasteiger partial charge in [-0.05, 0) is 54.9 Å². The van der Waals surface area contributed by atoms with Crippen molar-refractivity contribution in [2.75, 3.05) is 19.6 Å². The summed E-state index contributed by atoms with van der Waals surface area (Å²) in [5, 5.41) is 5.40. The lowest BCUT2D eigenvalue weighted by molar-refractivity contribution is -0.132. The third-order valence-electron chi connectivity index (χ3n) is 4.31. The topological polar surface area (TPSA) is 45.2 Å². The number of amides is 1. The summed E-state index contributed by atoms with van der Waals surface area (Å²) in [6.07, 6.45) is 0.936. The summed E-state index contributed by atoms with van der Waals surface area (Å²) in [7, 11) is 0. The van der Waals surface area contributed by atoms with Gasteiger partial charge in [0.15, 0.2) is 0 Å². The van der Waals surface area contributed by atoms with Crippen LogP contribution in [0, 0.1) is 12.8 Å². The molecule has 1 aliphatic rings. The summed E-state index contributed by atoms with van der Waals surface area (Å²) in [6.45, 7) is 8.30. The van der Waals surface area contributed by atoms with Gasteiger partial charge in [-0.3, -0.25) is 9.78 Å². The first-order valence-corrected chi connectivity index (χ1v) is 9.44. The van der Waals surface area contributed by atoms with Gasteiger partial charge in [0, 0.05) is 17.1 Å². The van der Waals surface area contributed by atoms with E-state index in [2.05, 4.69) is 30.6 Å². The summed E-state index contributed by atoms with van der Waals surface area (Å²) in [5.41, 5.74) is 3.19. The largest absolute Gasteiger partial charge is 0.328 e. The van der Waals surface area contributed by atoms with Crippen LogP contribution in [0.5, 0.6) is 0 Å².